The Labute approximate surface area is 103 Å². The molecule has 4 heteroatoms. The van der Waals surface area contributed by atoms with E-state index in [2.05, 4.69) is 25.0 Å². The second-order valence-electron chi connectivity index (χ2n) is 4.36. The Morgan fingerprint density at radius 1 is 1.53 bits per heavy atom. The number of hydrogen-bond donors (Lipinski definition) is 1. The molecule has 15 heavy (non-hydrogen) atoms. The summed E-state index contributed by atoms with van der Waals surface area (Å²) in [7, 11) is 0. The van der Waals surface area contributed by atoms with Gasteiger partial charge in [0.05, 0.1) is 9.74 Å². The Balaban J connectivity index is 2.57. The van der Waals surface area contributed by atoms with Gasteiger partial charge in [-0.05, 0) is 32.4 Å². The lowest BCUT2D eigenvalue weighted by Crippen LogP contribution is -2.51. The molecular formula is C11H22N2S2. The second kappa shape index (κ2) is 5.51. The van der Waals surface area contributed by atoms with Gasteiger partial charge in [0.2, 0.25) is 0 Å². The second-order valence-corrected chi connectivity index (χ2v) is 5.99. The highest BCUT2D eigenvalue weighted by Gasteiger charge is 2.37. The van der Waals surface area contributed by atoms with Gasteiger partial charge in [0.25, 0.3) is 0 Å². The van der Waals surface area contributed by atoms with Crippen molar-refractivity contribution in [2.24, 2.45) is 5.73 Å². The highest BCUT2D eigenvalue weighted by Crippen LogP contribution is 2.35. The van der Waals surface area contributed by atoms with Crippen molar-refractivity contribution < 1.29 is 0 Å². The van der Waals surface area contributed by atoms with Crippen LogP contribution in [0.3, 0.4) is 0 Å². The fourth-order valence-electron chi connectivity index (χ4n) is 2.14. The van der Waals surface area contributed by atoms with Crippen molar-refractivity contribution in [1.82, 2.24) is 4.90 Å². The maximum absolute atomic E-state index is 5.86. The van der Waals surface area contributed by atoms with Crippen molar-refractivity contribution in [3.63, 3.8) is 0 Å². The molecule has 0 saturated carbocycles. The normalized spacial score (nSPS) is 23.7. The first-order chi connectivity index (χ1) is 7.05. The Hall–Kier alpha value is 0.200. The first kappa shape index (κ1) is 13.3. The smallest absolute Gasteiger partial charge is 0.0891 e. The third kappa shape index (κ3) is 2.86. The number of hydrogen-bond acceptors (Lipinski definition) is 3. The number of piperidine rings is 1. The Bertz CT molecular complexity index is 223. The van der Waals surface area contributed by atoms with Crippen LogP contribution in [0.15, 0.2) is 0 Å². The number of nitrogens with zero attached hydrogens (tertiary/aromatic N) is 1. The molecule has 1 fully saturated rings. The van der Waals surface area contributed by atoms with Gasteiger partial charge in [0.15, 0.2) is 0 Å². The fourth-order valence-corrected chi connectivity index (χ4v) is 3.38. The molecule has 1 aliphatic heterocycles. The molecule has 2 N–H and O–H groups in total. The third-order valence-electron chi connectivity index (χ3n) is 3.66. The van der Waals surface area contributed by atoms with Crippen LogP contribution in [0.1, 0.15) is 33.1 Å². The summed E-state index contributed by atoms with van der Waals surface area (Å²) in [4.78, 5) is 3.24. The molecule has 1 atom stereocenters. The van der Waals surface area contributed by atoms with Gasteiger partial charge >= 0.3 is 0 Å². The molecule has 0 amide bonds. The SMILES string of the molecule is CCC(C)N1CCC(SC)(C(N)=S)CC1. The van der Waals surface area contributed by atoms with Crippen molar-refractivity contribution in [2.75, 3.05) is 19.3 Å². The molecule has 1 rings (SSSR count). The van der Waals surface area contributed by atoms with Crippen LogP contribution in [0.5, 0.6) is 0 Å². The molecule has 2 nitrogen and oxygen atoms in total. The molecule has 88 valence electrons. The van der Waals surface area contributed by atoms with Gasteiger partial charge in [-0.2, -0.15) is 11.8 Å². The minimum Gasteiger partial charge on any atom is -0.392 e. The maximum atomic E-state index is 5.86. The molecule has 0 radical (unpaired) electrons. The van der Waals surface area contributed by atoms with E-state index < -0.39 is 0 Å². The zero-order valence-corrected chi connectivity index (χ0v) is 11.6. The van der Waals surface area contributed by atoms with E-state index in [1.54, 1.807) is 0 Å². The van der Waals surface area contributed by atoms with Gasteiger partial charge in [-0.25, -0.2) is 0 Å². The molecule has 0 aromatic carbocycles. The minimum absolute atomic E-state index is 0.0687. The number of thiocarbonyl (C=S) groups is 1. The summed E-state index contributed by atoms with van der Waals surface area (Å²) >= 11 is 7.03. The van der Waals surface area contributed by atoms with Gasteiger partial charge in [-0.3, -0.25) is 0 Å². The number of rotatable bonds is 4. The highest BCUT2D eigenvalue weighted by atomic mass is 32.2. The van der Waals surface area contributed by atoms with Crippen LogP contribution in [0.2, 0.25) is 0 Å². The van der Waals surface area contributed by atoms with Crippen LogP contribution in [-0.4, -0.2) is 40.0 Å². The van der Waals surface area contributed by atoms with E-state index in [0.29, 0.717) is 11.0 Å². The monoisotopic (exact) mass is 246 g/mol. The number of nitrogens with two attached hydrogens (primary N) is 1. The van der Waals surface area contributed by atoms with Crippen LogP contribution < -0.4 is 5.73 Å². The van der Waals surface area contributed by atoms with Crippen LogP contribution >= 0.6 is 24.0 Å². The van der Waals surface area contributed by atoms with Gasteiger partial charge in [0.1, 0.15) is 0 Å². The van der Waals surface area contributed by atoms with Crippen LogP contribution in [-0.2, 0) is 0 Å². The molecule has 1 saturated heterocycles. The third-order valence-corrected chi connectivity index (χ3v) is 5.59. The molecule has 0 aromatic rings. The van der Waals surface area contributed by atoms with E-state index in [4.69, 9.17) is 18.0 Å². The largest absolute Gasteiger partial charge is 0.392 e. The Kier molecular flexibility index (Phi) is 4.87. The summed E-state index contributed by atoms with van der Waals surface area (Å²) in [5.41, 5.74) is 5.86. The van der Waals surface area contributed by atoms with Crippen molar-refractivity contribution >= 4 is 29.0 Å². The zero-order valence-electron chi connectivity index (χ0n) is 9.95. The summed E-state index contributed by atoms with van der Waals surface area (Å²) in [6.45, 7) is 6.81. The predicted molar refractivity (Wildman–Crippen MR) is 73.6 cm³/mol. The minimum atomic E-state index is 0.0687. The predicted octanol–water partition coefficient (Wildman–Crippen LogP) is 2.27. The van der Waals surface area contributed by atoms with Crippen LogP contribution in [0.4, 0.5) is 0 Å². The van der Waals surface area contributed by atoms with Crippen molar-refractivity contribution in [3.8, 4) is 0 Å². The van der Waals surface area contributed by atoms with E-state index >= 15 is 0 Å². The Morgan fingerprint density at radius 2 is 2.07 bits per heavy atom. The maximum Gasteiger partial charge on any atom is 0.0891 e. The summed E-state index contributed by atoms with van der Waals surface area (Å²) in [5.74, 6) is 0. The van der Waals surface area contributed by atoms with Crippen molar-refractivity contribution in [3.05, 3.63) is 0 Å². The molecule has 1 aliphatic rings. The van der Waals surface area contributed by atoms with Crippen molar-refractivity contribution in [2.45, 2.75) is 43.9 Å². The van der Waals surface area contributed by atoms with Gasteiger partial charge in [0, 0.05) is 19.1 Å². The highest BCUT2D eigenvalue weighted by molar-refractivity contribution is 8.01. The molecular weight excluding hydrogens is 224 g/mol. The van der Waals surface area contributed by atoms with Gasteiger partial charge < -0.3 is 10.6 Å². The molecule has 0 aromatic heterocycles. The zero-order chi connectivity index (χ0) is 11.5. The molecule has 1 unspecified atom stereocenters. The van der Waals surface area contributed by atoms with Crippen LogP contribution in [0.25, 0.3) is 0 Å². The number of likely N-dealkylation sites (tertiary alicyclic amines) is 1. The summed E-state index contributed by atoms with van der Waals surface area (Å²) in [5, 5.41) is 0. The molecule has 0 aliphatic carbocycles. The molecule has 0 bridgehead atoms. The first-order valence-corrected chi connectivity index (χ1v) is 7.28. The lowest BCUT2D eigenvalue weighted by molar-refractivity contribution is 0.164. The average Bonchev–Trinajstić information content (AvgIpc) is 2.28. The van der Waals surface area contributed by atoms with E-state index in [0.717, 1.165) is 25.9 Å². The quantitative estimate of drug-likeness (QED) is 0.771. The molecule has 1 heterocycles. The topological polar surface area (TPSA) is 29.3 Å². The number of thioether (sulfide) groups is 1. The first-order valence-electron chi connectivity index (χ1n) is 5.65. The van der Waals surface area contributed by atoms with Gasteiger partial charge in [-0.15, -0.1) is 0 Å². The molecule has 0 spiro atoms. The van der Waals surface area contributed by atoms with E-state index in [-0.39, 0.29) is 4.75 Å². The Morgan fingerprint density at radius 3 is 2.40 bits per heavy atom. The summed E-state index contributed by atoms with van der Waals surface area (Å²) in [6.07, 6.45) is 5.55. The lowest BCUT2D eigenvalue weighted by atomic mass is 9.94. The summed E-state index contributed by atoms with van der Waals surface area (Å²) < 4.78 is 0.0687. The van der Waals surface area contributed by atoms with E-state index in [1.807, 2.05) is 11.8 Å². The van der Waals surface area contributed by atoms with Crippen molar-refractivity contribution in [1.29, 1.82) is 0 Å². The van der Waals surface area contributed by atoms with Gasteiger partial charge in [-0.1, -0.05) is 19.1 Å². The average molecular weight is 246 g/mol. The lowest BCUT2D eigenvalue weighted by Gasteiger charge is -2.42. The summed E-state index contributed by atoms with van der Waals surface area (Å²) in [6, 6.07) is 0.691. The standard InChI is InChI=1S/C11H22N2S2/c1-4-9(2)13-7-5-11(15-3,6-8-13)10(12)14/h9H,4-8H2,1-3H3,(H2,12,14). The van der Waals surface area contributed by atoms with Crippen LogP contribution in [0, 0.1) is 0 Å². The fraction of sp³-hybridized carbons (Fsp3) is 0.909. The van der Waals surface area contributed by atoms with E-state index in [9.17, 15) is 0 Å². The van der Waals surface area contributed by atoms with E-state index in [1.165, 1.54) is 6.42 Å².